The minimum absolute atomic E-state index is 0.00958. The fourth-order valence-electron chi connectivity index (χ4n) is 1.86. The predicted octanol–water partition coefficient (Wildman–Crippen LogP) is 0.538. The number of carbonyl (C=O) groups excluding carboxylic acids is 2. The van der Waals surface area contributed by atoms with Crippen LogP contribution >= 0.6 is 0 Å². The van der Waals surface area contributed by atoms with Gasteiger partial charge in [-0.2, -0.15) is 0 Å². The van der Waals surface area contributed by atoms with Crippen molar-refractivity contribution in [3.8, 4) is 0 Å². The maximum Gasteiger partial charge on any atom is 0.352 e. The Morgan fingerprint density at radius 2 is 1.90 bits per heavy atom. The zero-order valence-electron chi connectivity index (χ0n) is 12.0. The summed E-state index contributed by atoms with van der Waals surface area (Å²) in [5, 5.41) is 11.5. The second-order valence-electron chi connectivity index (χ2n) is 4.52. The average molecular weight is 281 g/mol. The maximum absolute atomic E-state index is 12.0. The van der Waals surface area contributed by atoms with E-state index in [4.69, 9.17) is 5.11 Å². The van der Waals surface area contributed by atoms with Crippen molar-refractivity contribution < 1.29 is 19.5 Å². The van der Waals surface area contributed by atoms with Gasteiger partial charge >= 0.3 is 5.97 Å². The Balaban J connectivity index is 2.84. The van der Waals surface area contributed by atoms with E-state index in [0.717, 1.165) is 0 Å². The first-order chi connectivity index (χ1) is 9.29. The van der Waals surface area contributed by atoms with Gasteiger partial charge < -0.3 is 20.3 Å². The van der Waals surface area contributed by atoms with Crippen LogP contribution < -0.4 is 5.32 Å². The molecule has 2 amide bonds. The Hall–Kier alpha value is -2.31. The van der Waals surface area contributed by atoms with Crippen molar-refractivity contribution in [2.75, 3.05) is 20.1 Å². The Bertz CT molecular complexity index is 548. The highest BCUT2D eigenvalue weighted by Gasteiger charge is 2.22. The van der Waals surface area contributed by atoms with Crippen molar-refractivity contribution in [2.45, 2.75) is 20.8 Å². The number of likely N-dealkylation sites (N-methyl/N-ethyl adjacent to an activating group) is 1. The summed E-state index contributed by atoms with van der Waals surface area (Å²) in [6.07, 6.45) is 0. The largest absolute Gasteiger partial charge is 0.477 e. The van der Waals surface area contributed by atoms with Crippen molar-refractivity contribution in [3.05, 3.63) is 22.5 Å². The van der Waals surface area contributed by atoms with Crippen molar-refractivity contribution >= 4 is 17.8 Å². The third-order valence-electron chi connectivity index (χ3n) is 3.18. The fraction of sp³-hybridized carbons (Fsp3) is 0.462. The second kappa shape index (κ2) is 6.23. The molecule has 1 heterocycles. The summed E-state index contributed by atoms with van der Waals surface area (Å²) in [5.74, 6) is -1.78. The van der Waals surface area contributed by atoms with E-state index in [0.29, 0.717) is 17.8 Å². The molecule has 0 saturated carbocycles. The Morgan fingerprint density at radius 1 is 1.30 bits per heavy atom. The predicted molar refractivity (Wildman–Crippen MR) is 72.9 cm³/mol. The molecule has 0 spiro atoms. The molecule has 110 valence electrons. The first-order valence-electron chi connectivity index (χ1n) is 6.24. The standard InChI is InChI=1S/C13H19N3O4/c1-5-16(4)9(17)6-14-12(18)10-7(2)11(13(19)20)15-8(10)3/h15H,5-6H2,1-4H3,(H,14,18)(H,19,20). The van der Waals surface area contributed by atoms with Gasteiger partial charge in [0.15, 0.2) is 0 Å². The van der Waals surface area contributed by atoms with Gasteiger partial charge in [0.25, 0.3) is 5.91 Å². The van der Waals surface area contributed by atoms with E-state index in [1.807, 2.05) is 6.92 Å². The number of carboxylic acids is 1. The maximum atomic E-state index is 12.0. The minimum Gasteiger partial charge on any atom is -0.477 e. The number of H-pyrrole nitrogens is 1. The van der Waals surface area contributed by atoms with Gasteiger partial charge in [-0.15, -0.1) is 0 Å². The molecule has 0 bridgehead atoms. The highest BCUT2D eigenvalue weighted by atomic mass is 16.4. The molecular formula is C13H19N3O4. The van der Waals surface area contributed by atoms with Gasteiger partial charge in [0.2, 0.25) is 5.91 Å². The van der Waals surface area contributed by atoms with Gasteiger partial charge in [-0.1, -0.05) is 0 Å². The molecule has 0 saturated heterocycles. The fourth-order valence-corrected chi connectivity index (χ4v) is 1.86. The molecule has 20 heavy (non-hydrogen) atoms. The number of aryl methyl sites for hydroxylation is 1. The SMILES string of the molecule is CCN(C)C(=O)CNC(=O)c1c(C)[nH]c(C(=O)O)c1C. The normalized spacial score (nSPS) is 10.2. The quantitative estimate of drug-likeness (QED) is 0.732. The van der Waals surface area contributed by atoms with Crippen LogP contribution in [0.5, 0.6) is 0 Å². The molecule has 0 aromatic carbocycles. The molecule has 7 nitrogen and oxygen atoms in total. The van der Waals surface area contributed by atoms with Gasteiger partial charge in [-0.25, -0.2) is 4.79 Å². The van der Waals surface area contributed by atoms with Crippen LogP contribution in [0.2, 0.25) is 0 Å². The molecular weight excluding hydrogens is 262 g/mol. The monoisotopic (exact) mass is 281 g/mol. The van der Waals surface area contributed by atoms with Crippen LogP contribution in [0, 0.1) is 13.8 Å². The number of carbonyl (C=O) groups is 3. The topological polar surface area (TPSA) is 103 Å². The van der Waals surface area contributed by atoms with Crippen molar-refractivity contribution in [2.24, 2.45) is 0 Å². The highest BCUT2D eigenvalue weighted by molar-refractivity contribution is 6.01. The van der Waals surface area contributed by atoms with E-state index in [2.05, 4.69) is 10.3 Å². The number of aromatic nitrogens is 1. The molecule has 0 atom stereocenters. The lowest BCUT2D eigenvalue weighted by atomic mass is 10.1. The second-order valence-corrected chi connectivity index (χ2v) is 4.52. The van der Waals surface area contributed by atoms with E-state index in [1.165, 1.54) is 4.90 Å². The molecule has 0 aliphatic carbocycles. The number of carboxylic acid groups (broad SMARTS) is 1. The van der Waals surface area contributed by atoms with Crippen LogP contribution in [0.25, 0.3) is 0 Å². The van der Waals surface area contributed by atoms with Crippen LogP contribution in [0.4, 0.5) is 0 Å². The molecule has 0 radical (unpaired) electrons. The lowest BCUT2D eigenvalue weighted by molar-refractivity contribution is -0.128. The summed E-state index contributed by atoms with van der Waals surface area (Å²) in [7, 11) is 1.64. The van der Waals surface area contributed by atoms with Gasteiger partial charge in [-0.05, 0) is 26.3 Å². The minimum atomic E-state index is -1.12. The summed E-state index contributed by atoms with van der Waals surface area (Å²) in [6.45, 7) is 5.45. The van der Waals surface area contributed by atoms with Gasteiger partial charge in [0.1, 0.15) is 5.69 Å². The molecule has 0 unspecified atom stereocenters. The van der Waals surface area contributed by atoms with Gasteiger partial charge in [0.05, 0.1) is 12.1 Å². The zero-order chi connectivity index (χ0) is 15.4. The number of hydrogen-bond donors (Lipinski definition) is 3. The molecule has 0 fully saturated rings. The number of hydrogen-bond acceptors (Lipinski definition) is 3. The molecule has 0 aliphatic rings. The smallest absolute Gasteiger partial charge is 0.352 e. The van der Waals surface area contributed by atoms with Crippen LogP contribution in [0.15, 0.2) is 0 Å². The molecule has 3 N–H and O–H groups in total. The molecule has 1 aromatic heterocycles. The number of aromatic carboxylic acids is 1. The Kier molecular flexibility index (Phi) is 4.90. The van der Waals surface area contributed by atoms with Gasteiger partial charge in [0, 0.05) is 19.3 Å². The number of nitrogens with zero attached hydrogens (tertiary/aromatic N) is 1. The molecule has 0 aliphatic heterocycles. The summed E-state index contributed by atoms with van der Waals surface area (Å²) in [6, 6.07) is 0. The number of nitrogens with one attached hydrogen (secondary N) is 2. The third-order valence-corrected chi connectivity index (χ3v) is 3.18. The number of rotatable bonds is 5. The zero-order valence-corrected chi connectivity index (χ0v) is 12.0. The molecule has 1 aromatic rings. The Labute approximate surface area is 117 Å². The van der Waals surface area contributed by atoms with Gasteiger partial charge in [-0.3, -0.25) is 9.59 Å². The molecule has 7 heteroatoms. The average Bonchev–Trinajstić information content (AvgIpc) is 2.70. The van der Waals surface area contributed by atoms with Crippen LogP contribution in [0.3, 0.4) is 0 Å². The van der Waals surface area contributed by atoms with E-state index in [1.54, 1.807) is 20.9 Å². The summed E-state index contributed by atoms with van der Waals surface area (Å²) < 4.78 is 0. The first kappa shape index (κ1) is 15.7. The number of amides is 2. The lowest BCUT2D eigenvalue weighted by Gasteiger charge is -2.14. The number of aromatic amines is 1. The van der Waals surface area contributed by atoms with E-state index in [-0.39, 0.29) is 23.7 Å². The van der Waals surface area contributed by atoms with E-state index in [9.17, 15) is 14.4 Å². The van der Waals surface area contributed by atoms with E-state index < -0.39 is 11.9 Å². The van der Waals surface area contributed by atoms with Crippen LogP contribution in [-0.4, -0.2) is 52.9 Å². The highest BCUT2D eigenvalue weighted by Crippen LogP contribution is 2.17. The van der Waals surface area contributed by atoms with Crippen LogP contribution in [-0.2, 0) is 4.79 Å². The lowest BCUT2D eigenvalue weighted by Crippen LogP contribution is -2.38. The molecule has 1 rings (SSSR count). The van der Waals surface area contributed by atoms with E-state index >= 15 is 0 Å². The van der Waals surface area contributed by atoms with Crippen molar-refractivity contribution in [1.82, 2.24) is 15.2 Å². The van der Waals surface area contributed by atoms with Crippen LogP contribution in [0.1, 0.15) is 39.0 Å². The summed E-state index contributed by atoms with van der Waals surface area (Å²) >= 11 is 0. The summed E-state index contributed by atoms with van der Waals surface area (Å²) in [5.41, 5.74) is 1.09. The van der Waals surface area contributed by atoms with Crippen molar-refractivity contribution in [3.63, 3.8) is 0 Å². The summed E-state index contributed by atoms with van der Waals surface area (Å²) in [4.78, 5) is 38.8. The third kappa shape index (κ3) is 3.17. The Morgan fingerprint density at radius 3 is 2.35 bits per heavy atom. The first-order valence-corrected chi connectivity index (χ1v) is 6.24. The van der Waals surface area contributed by atoms with Crippen molar-refractivity contribution in [1.29, 1.82) is 0 Å².